The van der Waals surface area contributed by atoms with Crippen molar-refractivity contribution in [2.24, 2.45) is 0 Å². The molecule has 0 fully saturated rings. The minimum Gasteiger partial charge on any atom is -0.477 e. The van der Waals surface area contributed by atoms with E-state index < -0.39 is 23.8 Å². The van der Waals surface area contributed by atoms with E-state index in [1.165, 1.54) is 26.0 Å². The minimum absolute atomic E-state index is 0.287. The fourth-order valence-corrected chi connectivity index (χ4v) is 1.75. The van der Waals surface area contributed by atoms with E-state index in [9.17, 15) is 27.2 Å². The molecule has 0 unspecified atom stereocenters. The van der Waals surface area contributed by atoms with Gasteiger partial charge in [0.1, 0.15) is 5.75 Å². The number of aryl methyl sites for hydroxylation is 3. The molecule has 116 valence electrons. The van der Waals surface area contributed by atoms with Crippen molar-refractivity contribution in [2.45, 2.75) is 32.6 Å². The highest BCUT2D eigenvalue weighted by molar-refractivity contribution is 5.90. The number of carbonyl (C=O) groups excluding carboxylic acids is 1. The molecule has 0 aliphatic heterocycles. The molecule has 0 amide bonds. The SMILES string of the molecule is Cc1cc(C)c(OC(=O)C(F)(F)C(F)(F)C(=O)O)c(C)c1. The number of ether oxygens (including phenoxy) is 1. The summed E-state index contributed by atoms with van der Waals surface area (Å²) in [6.07, 6.45) is 0. The lowest BCUT2D eigenvalue weighted by molar-refractivity contribution is -0.229. The van der Waals surface area contributed by atoms with Crippen LogP contribution >= 0.6 is 0 Å². The third kappa shape index (κ3) is 2.98. The van der Waals surface area contributed by atoms with Gasteiger partial charge in [-0.05, 0) is 31.9 Å². The van der Waals surface area contributed by atoms with Crippen molar-refractivity contribution >= 4 is 11.9 Å². The van der Waals surface area contributed by atoms with Crippen LogP contribution in [0.1, 0.15) is 16.7 Å². The van der Waals surface area contributed by atoms with E-state index in [0.717, 1.165) is 5.56 Å². The first-order chi connectivity index (χ1) is 9.41. The predicted octanol–water partition coefficient (Wildman–Crippen LogP) is 2.87. The fourth-order valence-electron chi connectivity index (χ4n) is 1.75. The van der Waals surface area contributed by atoms with Crippen LogP contribution in [0.3, 0.4) is 0 Å². The molecule has 0 radical (unpaired) electrons. The van der Waals surface area contributed by atoms with Gasteiger partial charge in [-0.3, -0.25) is 0 Å². The van der Waals surface area contributed by atoms with Crippen molar-refractivity contribution in [2.75, 3.05) is 0 Å². The lowest BCUT2D eigenvalue weighted by atomic mass is 10.1. The van der Waals surface area contributed by atoms with Crippen LogP contribution in [0.5, 0.6) is 5.75 Å². The molecule has 8 heteroatoms. The maximum Gasteiger partial charge on any atom is 0.416 e. The largest absolute Gasteiger partial charge is 0.477 e. The molecule has 0 saturated heterocycles. The number of halogens is 4. The molecule has 1 N–H and O–H groups in total. The molecule has 0 aliphatic rings. The zero-order chi connectivity index (χ0) is 16.6. The summed E-state index contributed by atoms with van der Waals surface area (Å²) >= 11 is 0. The second-order valence-corrected chi connectivity index (χ2v) is 4.57. The van der Waals surface area contributed by atoms with Gasteiger partial charge in [-0.15, -0.1) is 0 Å². The van der Waals surface area contributed by atoms with Gasteiger partial charge in [0.2, 0.25) is 0 Å². The molecule has 0 bridgehead atoms. The van der Waals surface area contributed by atoms with Crippen molar-refractivity contribution in [1.29, 1.82) is 0 Å². The third-order valence-electron chi connectivity index (χ3n) is 2.72. The first-order valence-corrected chi connectivity index (χ1v) is 5.70. The maximum absolute atomic E-state index is 13.3. The molecule has 0 aromatic heterocycles. The Kier molecular flexibility index (Phi) is 4.31. The van der Waals surface area contributed by atoms with E-state index in [4.69, 9.17) is 5.11 Å². The van der Waals surface area contributed by atoms with E-state index in [0.29, 0.717) is 0 Å². The number of hydrogen-bond donors (Lipinski definition) is 1. The first kappa shape index (κ1) is 16.9. The number of carbonyl (C=O) groups is 2. The van der Waals surface area contributed by atoms with E-state index in [1.807, 2.05) is 0 Å². The zero-order valence-electron chi connectivity index (χ0n) is 11.3. The average Bonchev–Trinajstić information content (AvgIpc) is 2.32. The summed E-state index contributed by atoms with van der Waals surface area (Å²) in [5, 5.41) is 8.10. The summed E-state index contributed by atoms with van der Waals surface area (Å²) in [6, 6.07) is 3.01. The van der Waals surface area contributed by atoms with Crippen LogP contribution in [0.2, 0.25) is 0 Å². The molecule has 1 aromatic rings. The molecular formula is C13H12F4O4. The average molecular weight is 308 g/mol. The Balaban J connectivity index is 3.15. The Bertz CT molecular complexity index is 573. The lowest BCUT2D eigenvalue weighted by Gasteiger charge is -2.22. The van der Waals surface area contributed by atoms with Crippen LogP contribution in [-0.2, 0) is 9.59 Å². The van der Waals surface area contributed by atoms with E-state index >= 15 is 0 Å². The Morgan fingerprint density at radius 2 is 1.43 bits per heavy atom. The van der Waals surface area contributed by atoms with Gasteiger partial charge >= 0.3 is 23.8 Å². The van der Waals surface area contributed by atoms with E-state index in [2.05, 4.69) is 4.74 Å². The van der Waals surface area contributed by atoms with Gasteiger partial charge in [0.25, 0.3) is 0 Å². The van der Waals surface area contributed by atoms with Gasteiger partial charge < -0.3 is 9.84 Å². The van der Waals surface area contributed by atoms with Gasteiger partial charge in [0, 0.05) is 0 Å². The number of alkyl halides is 4. The molecule has 1 rings (SSSR count). The molecule has 0 aliphatic carbocycles. The number of carboxylic acid groups (broad SMARTS) is 1. The summed E-state index contributed by atoms with van der Waals surface area (Å²) in [4.78, 5) is 21.4. The van der Waals surface area contributed by atoms with Gasteiger partial charge in [-0.2, -0.15) is 17.6 Å². The first-order valence-electron chi connectivity index (χ1n) is 5.70. The Hall–Kier alpha value is -2.12. The summed E-state index contributed by atoms with van der Waals surface area (Å²) in [6.45, 7) is 4.59. The normalized spacial score (nSPS) is 12.1. The molecule has 1 aromatic carbocycles. The summed E-state index contributed by atoms with van der Waals surface area (Å²) in [5.41, 5.74) is 1.33. The monoisotopic (exact) mass is 308 g/mol. The van der Waals surface area contributed by atoms with Crippen molar-refractivity contribution < 1.29 is 37.0 Å². The molecule has 0 saturated carbocycles. The van der Waals surface area contributed by atoms with Crippen molar-refractivity contribution in [1.82, 2.24) is 0 Å². The summed E-state index contributed by atoms with van der Waals surface area (Å²) in [7, 11) is 0. The van der Waals surface area contributed by atoms with E-state index in [1.54, 1.807) is 6.92 Å². The predicted molar refractivity (Wildman–Crippen MR) is 63.8 cm³/mol. The Labute approximate surface area is 117 Å². The van der Waals surface area contributed by atoms with Crippen molar-refractivity contribution in [3.63, 3.8) is 0 Å². The quantitative estimate of drug-likeness (QED) is 0.528. The van der Waals surface area contributed by atoms with Crippen LogP contribution in [-0.4, -0.2) is 28.9 Å². The van der Waals surface area contributed by atoms with Crippen LogP contribution in [0.4, 0.5) is 17.6 Å². The fraction of sp³-hybridized carbons (Fsp3) is 0.385. The third-order valence-corrected chi connectivity index (χ3v) is 2.72. The highest BCUT2D eigenvalue weighted by atomic mass is 19.3. The van der Waals surface area contributed by atoms with Gasteiger partial charge in [0.15, 0.2) is 0 Å². The van der Waals surface area contributed by atoms with Gasteiger partial charge in [-0.1, -0.05) is 17.7 Å². The minimum atomic E-state index is -5.56. The maximum atomic E-state index is 13.3. The topological polar surface area (TPSA) is 63.6 Å². The summed E-state index contributed by atoms with van der Waals surface area (Å²) in [5.74, 6) is -17.1. The number of benzene rings is 1. The highest BCUT2D eigenvalue weighted by Crippen LogP contribution is 2.37. The van der Waals surface area contributed by atoms with Crippen LogP contribution in [0.15, 0.2) is 12.1 Å². The van der Waals surface area contributed by atoms with E-state index in [-0.39, 0.29) is 16.9 Å². The Morgan fingerprint density at radius 3 is 1.81 bits per heavy atom. The van der Waals surface area contributed by atoms with Crippen molar-refractivity contribution in [3.05, 3.63) is 28.8 Å². The van der Waals surface area contributed by atoms with Gasteiger partial charge in [0.05, 0.1) is 0 Å². The second kappa shape index (κ2) is 5.34. The molecular weight excluding hydrogens is 296 g/mol. The molecule has 0 heterocycles. The number of hydrogen-bond acceptors (Lipinski definition) is 3. The standard InChI is InChI=1S/C13H12F4O4/c1-6-4-7(2)9(8(3)5-6)21-11(20)13(16,17)12(14,15)10(18)19/h4-5H,1-3H3,(H,18,19). The van der Waals surface area contributed by atoms with Crippen LogP contribution < -0.4 is 4.74 Å². The molecule has 21 heavy (non-hydrogen) atoms. The molecule has 4 nitrogen and oxygen atoms in total. The zero-order valence-corrected chi connectivity index (χ0v) is 11.3. The smallest absolute Gasteiger partial charge is 0.416 e. The highest BCUT2D eigenvalue weighted by Gasteiger charge is 2.69. The Morgan fingerprint density at radius 1 is 1.00 bits per heavy atom. The molecule has 0 spiro atoms. The number of esters is 1. The van der Waals surface area contributed by atoms with Crippen molar-refractivity contribution in [3.8, 4) is 5.75 Å². The number of carboxylic acids is 1. The summed E-state index contributed by atoms with van der Waals surface area (Å²) < 4.78 is 56.6. The van der Waals surface area contributed by atoms with Crippen LogP contribution in [0, 0.1) is 20.8 Å². The lowest BCUT2D eigenvalue weighted by Crippen LogP contribution is -2.53. The molecule has 0 atom stereocenters. The van der Waals surface area contributed by atoms with Gasteiger partial charge in [-0.25, -0.2) is 9.59 Å². The van der Waals surface area contributed by atoms with Crippen LogP contribution in [0.25, 0.3) is 0 Å². The number of aliphatic carboxylic acids is 1. The second-order valence-electron chi connectivity index (χ2n) is 4.57. The number of rotatable bonds is 4.